The van der Waals surface area contributed by atoms with Crippen molar-refractivity contribution in [3.05, 3.63) is 66.0 Å². The topological polar surface area (TPSA) is 113 Å². The summed E-state index contributed by atoms with van der Waals surface area (Å²) in [7, 11) is 0. The molecule has 0 unspecified atom stereocenters. The minimum Gasteiger partial charge on any atom is -0.352 e. The van der Waals surface area contributed by atoms with Crippen LogP contribution in [0.1, 0.15) is 24.5 Å². The van der Waals surface area contributed by atoms with Gasteiger partial charge in [-0.05, 0) is 24.1 Å². The molecule has 0 aliphatic heterocycles. The Morgan fingerprint density at radius 3 is 2.33 bits per heavy atom. The molecule has 2 rings (SSSR count). The van der Waals surface area contributed by atoms with Crippen molar-refractivity contribution in [2.45, 2.75) is 26.4 Å². The number of aromatic nitrogens is 1. The van der Waals surface area contributed by atoms with E-state index in [0.29, 0.717) is 12.3 Å². The number of nitrogens with zero attached hydrogens (tertiary/aromatic N) is 2. The van der Waals surface area contributed by atoms with Gasteiger partial charge in [0.25, 0.3) is 0 Å². The van der Waals surface area contributed by atoms with Gasteiger partial charge in [0.15, 0.2) is 0 Å². The number of amides is 3. The van der Waals surface area contributed by atoms with Crippen LogP contribution in [0.25, 0.3) is 0 Å². The molecule has 1 heterocycles. The number of hydrogen-bond donors (Lipinski definition) is 3. The third-order valence-corrected chi connectivity index (χ3v) is 3.48. The molecular formula is C19H21N5O3. The molecule has 140 valence electrons. The normalized spacial score (nSPS) is 10.8. The molecule has 0 bridgehead atoms. The Labute approximate surface area is 157 Å². The minimum absolute atomic E-state index is 0.00613. The Morgan fingerprint density at radius 2 is 1.63 bits per heavy atom. The smallest absolute Gasteiger partial charge is 0.329 e. The number of hydrazone groups is 1. The van der Waals surface area contributed by atoms with Gasteiger partial charge in [0.2, 0.25) is 5.91 Å². The maximum Gasteiger partial charge on any atom is 0.329 e. The maximum atomic E-state index is 11.9. The van der Waals surface area contributed by atoms with E-state index in [2.05, 4.69) is 26.1 Å². The number of carbonyl (C=O) groups excluding carboxylic acids is 3. The fourth-order valence-corrected chi connectivity index (χ4v) is 2.09. The van der Waals surface area contributed by atoms with E-state index in [1.165, 1.54) is 0 Å². The summed E-state index contributed by atoms with van der Waals surface area (Å²) in [6, 6.07) is 12.9. The molecule has 0 radical (unpaired) electrons. The van der Waals surface area contributed by atoms with E-state index in [-0.39, 0.29) is 18.9 Å². The SMILES string of the molecule is C/C(CC(=O)NCc1cccnc1)=N/NC(=O)C(=O)NCc1ccccc1. The highest BCUT2D eigenvalue weighted by atomic mass is 16.2. The van der Waals surface area contributed by atoms with Gasteiger partial charge in [-0.2, -0.15) is 5.10 Å². The van der Waals surface area contributed by atoms with Crippen molar-refractivity contribution < 1.29 is 14.4 Å². The standard InChI is InChI=1S/C19H21N5O3/c1-14(10-17(25)21-13-16-8-5-9-20-11-16)23-24-19(27)18(26)22-12-15-6-3-2-4-7-15/h2-9,11H,10,12-13H2,1H3,(H,21,25)(H,22,26)(H,24,27)/b23-14-. The first-order chi connectivity index (χ1) is 13.0. The zero-order chi connectivity index (χ0) is 19.5. The summed E-state index contributed by atoms with van der Waals surface area (Å²) >= 11 is 0. The van der Waals surface area contributed by atoms with Crippen molar-refractivity contribution in [1.29, 1.82) is 0 Å². The highest BCUT2D eigenvalue weighted by molar-refractivity contribution is 6.35. The van der Waals surface area contributed by atoms with E-state index in [9.17, 15) is 14.4 Å². The van der Waals surface area contributed by atoms with E-state index in [4.69, 9.17) is 0 Å². The summed E-state index contributed by atoms with van der Waals surface area (Å²) < 4.78 is 0. The van der Waals surface area contributed by atoms with E-state index in [1.807, 2.05) is 36.4 Å². The van der Waals surface area contributed by atoms with Crippen molar-refractivity contribution in [2.75, 3.05) is 0 Å². The Bertz CT molecular complexity index is 807. The Kier molecular flexibility index (Phi) is 7.65. The van der Waals surface area contributed by atoms with Gasteiger partial charge in [-0.3, -0.25) is 19.4 Å². The third kappa shape index (κ3) is 7.47. The monoisotopic (exact) mass is 367 g/mol. The highest BCUT2D eigenvalue weighted by Crippen LogP contribution is 1.97. The lowest BCUT2D eigenvalue weighted by Crippen LogP contribution is -2.37. The molecule has 3 N–H and O–H groups in total. The first kappa shape index (κ1) is 19.8. The van der Waals surface area contributed by atoms with Gasteiger partial charge in [-0.25, -0.2) is 5.43 Å². The summed E-state index contributed by atoms with van der Waals surface area (Å²) in [5.41, 5.74) is 4.28. The number of nitrogens with one attached hydrogen (secondary N) is 3. The molecule has 1 aromatic heterocycles. The fraction of sp³-hybridized carbons (Fsp3) is 0.211. The maximum absolute atomic E-state index is 11.9. The van der Waals surface area contributed by atoms with Crippen molar-refractivity contribution >= 4 is 23.4 Å². The summed E-state index contributed by atoms with van der Waals surface area (Å²) in [4.78, 5) is 39.3. The lowest BCUT2D eigenvalue weighted by Gasteiger charge is -2.06. The van der Waals surface area contributed by atoms with Crippen LogP contribution in [0, 0.1) is 0 Å². The van der Waals surface area contributed by atoms with Gasteiger partial charge in [0, 0.05) is 31.2 Å². The zero-order valence-corrected chi connectivity index (χ0v) is 14.9. The average Bonchev–Trinajstić information content (AvgIpc) is 2.70. The van der Waals surface area contributed by atoms with Gasteiger partial charge in [-0.15, -0.1) is 0 Å². The van der Waals surface area contributed by atoms with E-state index >= 15 is 0 Å². The van der Waals surface area contributed by atoms with Crippen LogP contribution in [0.2, 0.25) is 0 Å². The first-order valence-electron chi connectivity index (χ1n) is 8.35. The molecule has 0 saturated heterocycles. The van der Waals surface area contributed by atoms with Gasteiger partial charge < -0.3 is 10.6 Å². The van der Waals surface area contributed by atoms with Gasteiger partial charge in [0.1, 0.15) is 0 Å². The predicted octanol–water partition coefficient (Wildman–Crippen LogP) is 0.896. The Balaban J connectivity index is 1.70. The van der Waals surface area contributed by atoms with Gasteiger partial charge in [0.05, 0.1) is 6.42 Å². The molecule has 0 saturated carbocycles. The van der Waals surface area contributed by atoms with Crippen LogP contribution in [0.3, 0.4) is 0 Å². The van der Waals surface area contributed by atoms with Crippen LogP contribution in [0.15, 0.2) is 60.0 Å². The van der Waals surface area contributed by atoms with Crippen molar-refractivity contribution in [3.63, 3.8) is 0 Å². The van der Waals surface area contributed by atoms with E-state index < -0.39 is 11.8 Å². The van der Waals surface area contributed by atoms with Crippen LogP contribution >= 0.6 is 0 Å². The minimum atomic E-state index is -0.888. The van der Waals surface area contributed by atoms with E-state index in [0.717, 1.165) is 11.1 Å². The molecule has 27 heavy (non-hydrogen) atoms. The van der Waals surface area contributed by atoms with Crippen LogP contribution < -0.4 is 16.1 Å². The third-order valence-electron chi connectivity index (χ3n) is 3.48. The van der Waals surface area contributed by atoms with Gasteiger partial charge in [-0.1, -0.05) is 36.4 Å². The molecule has 0 aliphatic rings. The molecule has 8 heteroatoms. The molecule has 1 aromatic carbocycles. The molecule has 0 fully saturated rings. The molecule has 8 nitrogen and oxygen atoms in total. The quantitative estimate of drug-likeness (QED) is 0.383. The van der Waals surface area contributed by atoms with Crippen molar-refractivity contribution in [3.8, 4) is 0 Å². The Hall–Kier alpha value is -3.55. The second-order valence-electron chi connectivity index (χ2n) is 5.77. The number of carbonyl (C=O) groups is 3. The average molecular weight is 367 g/mol. The van der Waals surface area contributed by atoms with Crippen LogP contribution in [-0.2, 0) is 27.5 Å². The first-order valence-corrected chi connectivity index (χ1v) is 8.35. The van der Waals surface area contributed by atoms with Crippen LogP contribution in [0.4, 0.5) is 0 Å². The number of pyridine rings is 1. The van der Waals surface area contributed by atoms with E-state index in [1.54, 1.807) is 25.4 Å². The second-order valence-corrected chi connectivity index (χ2v) is 5.77. The largest absolute Gasteiger partial charge is 0.352 e. The summed E-state index contributed by atoms with van der Waals surface area (Å²) in [5, 5.41) is 9.00. The number of benzene rings is 1. The molecule has 2 aromatic rings. The fourth-order valence-electron chi connectivity index (χ4n) is 2.09. The zero-order valence-electron chi connectivity index (χ0n) is 14.9. The summed E-state index contributed by atoms with van der Waals surface area (Å²) in [6.07, 6.45) is 3.32. The lowest BCUT2D eigenvalue weighted by molar-refractivity contribution is -0.139. The lowest BCUT2D eigenvalue weighted by atomic mass is 10.2. The summed E-state index contributed by atoms with van der Waals surface area (Å²) in [6.45, 7) is 2.19. The van der Waals surface area contributed by atoms with Gasteiger partial charge >= 0.3 is 11.8 Å². The van der Waals surface area contributed by atoms with Crippen molar-refractivity contribution in [2.24, 2.45) is 5.10 Å². The number of hydrogen-bond acceptors (Lipinski definition) is 5. The molecule has 0 aliphatic carbocycles. The Morgan fingerprint density at radius 1 is 0.926 bits per heavy atom. The van der Waals surface area contributed by atoms with Crippen LogP contribution in [-0.4, -0.2) is 28.4 Å². The van der Waals surface area contributed by atoms with Crippen molar-refractivity contribution in [1.82, 2.24) is 21.0 Å². The van der Waals surface area contributed by atoms with Crippen LogP contribution in [0.5, 0.6) is 0 Å². The molecule has 0 atom stereocenters. The number of rotatable bonds is 7. The molecular weight excluding hydrogens is 346 g/mol. The molecule has 0 spiro atoms. The highest BCUT2D eigenvalue weighted by Gasteiger charge is 2.12. The predicted molar refractivity (Wildman–Crippen MR) is 100 cm³/mol. The molecule has 3 amide bonds. The summed E-state index contributed by atoms with van der Waals surface area (Å²) in [5.74, 6) is -1.93. The second kappa shape index (κ2) is 10.4.